The highest BCUT2D eigenvalue weighted by atomic mass is 16.4. The first-order valence-electron chi connectivity index (χ1n) is 7.44. The summed E-state index contributed by atoms with van der Waals surface area (Å²) in [6.07, 6.45) is 0.919. The van der Waals surface area contributed by atoms with E-state index in [0.717, 1.165) is 5.56 Å². The van der Waals surface area contributed by atoms with E-state index in [1.54, 1.807) is 0 Å². The van der Waals surface area contributed by atoms with Crippen LogP contribution in [0.2, 0.25) is 0 Å². The third-order valence-corrected chi connectivity index (χ3v) is 4.26. The van der Waals surface area contributed by atoms with Crippen molar-refractivity contribution in [1.29, 1.82) is 0 Å². The SMILES string of the molecule is CCC(CC)(CC(=O)N[C@H](C)c1ccc(C)cc1)C(=O)O. The standard InChI is InChI=1S/C17H25NO3/c1-5-17(6-2,16(20)21)11-15(19)18-13(4)14-9-7-12(3)8-10-14/h7-10,13H,5-6,11H2,1-4H3,(H,18,19)(H,20,21)/t13-/m1/s1. The minimum absolute atomic E-state index is 0.0194. The van der Waals surface area contributed by atoms with E-state index in [0.29, 0.717) is 12.8 Å². The highest BCUT2D eigenvalue weighted by molar-refractivity contribution is 5.85. The number of carbonyl (C=O) groups excluding carboxylic acids is 1. The van der Waals surface area contributed by atoms with E-state index in [4.69, 9.17) is 0 Å². The van der Waals surface area contributed by atoms with Gasteiger partial charge >= 0.3 is 5.97 Å². The summed E-state index contributed by atoms with van der Waals surface area (Å²) in [7, 11) is 0. The number of hydrogen-bond acceptors (Lipinski definition) is 2. The minimum Gasteiger partial charge on any atom is -0.481 e. The van der Waals surface area contributed by atoms with Crippen LogP contribution in [-0.4, -0.2) is 17.0 Å². The largest absolute Gasteiger partial charge is 0.481 e. The van der Waals surface area contributed by atoms with Crippen molar-refractivity contribution in [2.75, 3.05) is 0 Å². The molecule has 0 aliphatic heterocycles. The van der Waals surface area contributed by atoms with Gasteiger partial charge in [-0.15, -0.1) is 0 Å². The Labute approximate surface area is 126 Å². The molecule has 1 atom stereocenters. The zero-order valence-electron chi connectivity index (χ0n) is 13.3. The quantitative estimate of drug-likeness (QED) is 0.808. The molecule has 0 radical (unpaired) electrons. The van der Waals surface area contributed by atoms with E-state index in [9.17, 15) is 14.7 Å². The van der Waals surface area contributed by atoms with Gasteiger partial charge in [-0.1, -0.05) is 43.7 Å². The number of rotatable bonds is 7. The van der Waals surface area contributed by atoms with Gasteiger partial charge in [0.2, 0.25) is 5.91 Å². The number of aliphatic carboxylic acids is 1. The zero-order chi connectivity index (χ0) is 16.0. The van der Waals surface area contributed by atoms with Gasteiger partial charge in [-0.25, -0.2) is 0 Å². The molecule has 1 rings (SSSR count). The predicted octanol–water partition coefficient (Wildman–Crippen LogP) is 3.45. The fourth-order valence-electron chi connectivity index (χ4n) is 2.42. The van der Waals surface area contributed by atoms with Crippen LogP contribution in [0.1, 0.15) is 57.2 Å². The molecule has 0 aliphatic carbocycles. The smallest absolute Gasteiger partial charge is 0.310 e. The van der Waals surface area contributed by atoms with Gasteiger partial charge in [-0.2, -0.15) is 0 Å². The molecule has 0 aromatic heterocycles. The van der Waals surface area contributed by atoms with Gasteiger partial charge in [0.25, 0.3) is 0 Å². The van der Waals surface area contributed by atoms with E-state index >= 15 is 0 Å². The summed E-state index contributed by atoms with van der Waals surface area (Å²) in [5, 5.41) is 12.3. The van der Waals surface area contributed by atoms with E-state index in [1.807, 2.05) is 52.0 Å². The maximum atomic E-state index is 12.2. The molecular formula is C17H25NO3. The predicted molar refractivity (Wildman–Crippen MR) is 83.0 cm³/mol. The molecule has 0 unspecified atom stereocenters. The number of aryl methyl sites for hydroxylation is 1. The Morgan fingerprint density at radius 1 is 1.19 bits per heavy atom. The van der Waals surface area contributed by atoms with Crippen LogP contribution in [0, 0.1) is 12.3 Å². The average Bonchev–Trinajstić information content (AvgIpc) is 2.45. The molecule has 0 heterocycles. The maximum Gasteiger partial charge on any atom is 0.310 e. The fourth-order valence-corrected chi connectivity index (χ4v) is 2.42. The molecule has 4 heteroatoms. The van der Waals surface area contributed by atoms with Gasteiger partial charge in [-0.05, 0) is 32.3 Å². The Bertz CT molecular complexity index is 489. The third kappa shape index (κ3) is 4.31. The van der Waals surface area contributed by atoms with Crippen molar-refractivity contribution in [1.82, 2.24) is 5.32 Å². The van der Waals surface area contributed by atoms with Gasteiger partial charge in [-0.3, -0.25) is 9.59 Å². The number of carboxylic acid groups (broad SMARTS) is 1. The topological polar surface area (TPSA) is 66.4 Å². The number of amides is 1. The summed E-state index contributed by atoms with van der Waals surface area (Å²) in [6, 6.07) is 7.82. The number of benzene rings is 1. The van der Waals surface area contributed by atoms with Crippen molar-refractivity contribution >= 4 is 11.9 Å². The first-order valence-corrected chi connectivity index (χ1v) is 7.44. The highest BCUT2D eigenvalue weighted by Crippen LogP contribution is 2.31. The van der Waals surface area contributed by atoms with Gasteiger partial charge in [0, 0.05) is 6.42 Å². The third-order valence-electron chi connectivity index (χ3n) is 4.26. The summed E-state index contributed by atoms with van der Waals surface area (Å²) in [5.74, 6) is -1.11. The summed E-state index contributed by atoms with van der Waals surface area (Å²) < 4.78 is 0. The fraction of sp³-hybridized carbons (Fsp3) is 0.529. The lowest BCUT2D eigenvalue weighted by molar-refractivity contribution is -0.152. The van der Waals surface area contributed by atoms with Crippen molar-refractivity contribution in [3.63, 3.8) is 0 Å². The lowest BCUT2D eigenvalue weighted by atomic mass is 9.79. The molecule has 0 spiro atoms. The summed E-state index contributed by atoms with van der Waals surface area (Å²) in [6.45, 7) is 7.54. The van der Waals surface area contributed by atoms with Crippen LogP contribution in [0.5, 0.6) is 0 Å². The lowest BCUT2D eigenvalue weighted by Gasteiger charge is -2.26. The molecule has 1 aromatic rings. The Balaban J connectivity index is 2.72. The molecular weight excluding hydrogens is 266 g/mol. The first-order chi connectivity index (χ1) is 9.84. The van der Waals surface area contributed by atoms with Crippen LogP contribution in [-0.2, 0) is 9.59 Å². The van der Waals surface area contributed by atoms with E-state index in [2.05, 4.69) is 5.32 Å². The second-order valence-electron chi connectivity index (χ2n) is 5.67. The van der Waals surface area contributed by atoms with Crippen LogP contribution in [0.15, 0.2) is 24.3 Å². The number of carbonyl (C=O) groups is 2. The monoisotopic (exact) mass is 291 g/mol. The van der Waals surface area contributed by atoms with Crippen molar-refractivity contribution in [2.45, 2.75) is 53.0 Å². The molecule has 0 saturated heterocycles. The molecule has 0 saturated carbocycles. The highest BCUT2D eigenvalue weighted by Gasteiger charge is 2.37. The van der Waals surface area contributed by atoms with Crippen LogP contribution < -0.4 is 5.32 Å². The van der Waals surface area contributed by atoms with Gasteiger partial charge in [0.15, 0.2) is 0 Å². The van der Waals surface area contributed by atoms with Crippen LogP contribution >= 0.6 is 0 Å². The van der Waals surface area contributed by atoms with Crippen LogP contribution in [0.3, 0.4) is 0 Å². The lowest BCUT2D eigenvalue weighted by Crippen LogP contribution is -2.37. The normalized spacial score (nSPS) is 12.8. The molecule has 2 N–H and O–H groups in total. The molecule has 0 aliphatic rings. The molecule has 21 heavy (non-hydrogen) atoms. The molecule has 4 nitrogen and oxygen atoms in total. The van der Waals surface area contributed by atoms with Crippen LogP contribution in [0.25, 0.3) is 0 Å². The van der Waals surface area contributed by atoms with Crippen molar-refractivity contribution < 1.29 is 14.7 Å². The summed E-state index contributed by atoms with van der Waals surface area (Å²) >= 11 is 0. The van der Waals surface area contributed by atoms with E-state index < -0.39 is 11.4 Å². The second-order valence-corrected chi connectivity index (χ2v) is 5.67. The summed E-state index contributed by atoms with van der Waals surface area (Å²) in [4.78, 5) is 23.6. The number of carboxylic acids is 1. The molecule has 1 amide bonds. The van der Waals surface area contributed by atoms with Crippen molar-refractivity contribution in [2.24, 2.45) is 5.41 Å². The Kier molecular flexibility index (Phi) is 5.94. The Morgan fingerprint density at radius 2 is 1.71 bits per heavy atom. The van der Waals surface area contributed by atoms with Crippen LogP contribution in [0.4, 0.5) is 0 Å². The molecule has 0 fully saturated rings. The molecule has 116 valence electrons. The van der Waals surface area contributed by atoms with Gasteiger partial charge in [0.05, 0.1) is 11.5 Å². The number of nitrogens with one attached hydrogen (secondary N) is 1. The molecule has 1 aromatic carbocycles. The van der Waals surface area contributed by atoms with Crippen molar-refractivity contribution in [3.05, 3.63) is 35.4 Å². The second kappa shape index (κ2) is 7.25. The zero-order valence-corrected chi connectivity index (χ0v) is 13.3. The van der Waals surface area contributed by atoms with Crippen molar-refractivity contribution in [3.8, 4) is 0 Å². The average molecular weight is 291 g/mol. The van der Waals surface area contributed by atoms with E-state index in [1.165, 1.54) is 5.56 Å². The molecule has 0 bridgehead atoms. The van der Waals surface area contributed by atoms with Gasteiger partial charge in [0.1, 0.15) is 0 Å². The summed E-state index contributed by atoms with van der Waals surface area (Å²) in [5.41, 5.74) is 1.22. The Hall–Kier alpha value is -1.84. The number of hydrogen-bond donors (Lipinski definition) is 2. The van der Waals surface area contributed by atoms with E-state index in [-0.39, 0.29) is 18.4 Å². The minimum atomic E-state index is -0.961. The Morgan fingerprint density at radius 3 is 2.14 bits per heavy atom. The first kappa shape index (κ1) is 17.2. The maximum absolute atomic E-state index is 12.2. The van der Waals surface area contributed by atoms with Gasteiger partial charge < -0.3 is 10.4 Å².